The minimum atomic E-state index is 1.12. The Morgan fingerprint density at radius 1 is 0.367 bits per heavy atom. The van der Waals surface area contributed by atoms with E-state index in [1.165, 1.54) is 22.3 Å². The van der Waals surface area contributed by atoms with Gasteiger partial charge in [-0.2, -0.15) is 9.13 Å². The molecule has 0 saturated heterocycles. The van der Waals surface area contributed by atoms with Crippen molar-refractivity contribution in [2.24, 2.45) is 0 Å². The predicted octanol–water partition coefficient (Wildman–Crippen LogP) is 4.36. The van der Waals surface area contributed by atoms with Gasteiger partial charge >= 0.3 is 0 Å². The zero-order valence-electron chi connectivity index (χ0n) is 16.3. The highest BCUT2D eigenvalue weighted by molar-refractivity contribution is 5.62. The summed E-state index contributed by atoms with van der Waals surface area (Å²) >= 11 is 0. The van der Waals surface area contributed by atoms with E-state index < -0.39 is 0 Å². The third-order valence-corrected chi connectivity index (χ3v) is 5.13. The van der Waals surface area contributed by atoms with Gasteiger partial charge in [-0.3, -0.25) is 9.97 Å². The first kappa shape index (κ1) is 17.9. The van der Waals surface area contributed by atoms with Crippen molar-refractivity contribution in [2.75, 3.05) is 0 Å². The maximum absolute atomic E-state index is 4.08. The average Bonchev–Trinajstić information content (AvgIpc) is 2.85. The van der Waals surface area contributed by atoms with Crippen molar-refractivity contribution in [1.29, 1.82) is 0 Å². The summed E-state index contributed by atoms with van der Waals surface area (Å²) in [6.07, 6.45) is 15.6. The van der Waals surface area contributed by atoms with Crippen LogP contribution < -0.4 is 9.13 Å². The lowest BCUT2D eigenvalue weighted by atomic mass is 10.1. The summed E-state index contributed by atoms with van der Waals surface area (Å²) in [7, 11) is 0. The van der Waals surface area contributed by atoms with E-state index in [1.54, 1.807) is 0 Å². The highest BCUT2D eigenvalue weighted by Crippen LogP contribution is 2.17. The number of rotatable bonds is 4. The van der Waals surface area contributed by atoms with Gasteiger partial charge in [0.2, 0.25) is 11.4 Å². The Morgan fingerprint density at radius 3 is 1.00 bits per heavy atom. The minimum Gasteiger partial charge on any atom is -0.265 e. The van der Waals surface area contributed by atoms with Gasteiger partial charge in [0.15, 0.2) is 24.8 Å². The summed E-state index contributed by atoms with van der Waals surface area (Å²) in [4.78, 5) is 8.16. The van der Waals surface area contributed by atoms with Gasteiger partial charge in [0.05, 0.1) is 0 Å². The summed E-state index contributed by atoms with van der Waals surface area (Å²) in [6.45, 7) is 0. The number of hydrogen-bond acceptors (Lipinski definition) is 2. The second-order valence-electron chi connectivity index (χ2n) is 6.98. The number of benzene rings is 1. The SMILES string of the molecule is c1cc(-c2cc[n+](-c3ccc(-[n+]4ccc(-c5ccncc5)cc4)cc3)cc2)ccn1. The molecule has 4 aromatic heterocycles. The number of aromatic nitrogens is 4. The Labute approximate surface area is 175 Å². The van der Waals surface area contributed by atoms with Gasteiger partial charge in [-0.15, -0.1) is 0 Å². The fraction of sp³-hybridized carbons (Fsp3) is 0. The molecule has 4 heterocycles. The van der Waals surface area contributed by atoms with Crippen LogP contribution in [0.1, 0.15) is 0 Å². The molecule has 0 aliphatic carbocycles. The number of nitrogens with zero attached hydrogens (tertiary/aromatic N) is 4. The van der Waals surface area contributed by atoms with Crippen molar-refractivity contribution < 1.29 is 9.13 Å². The molecule has 0 saturated carbocycles. The number of pyridine rings is 4. The van der Waals surface area contributed by atoms with E-state index >= 15 is 0 Å². The van der Waals surface area contributed by atoms with Gasteiger partial charge in [0.25, 0.3) is 0 Å². The van der Waals surface area contributed by atoms with E-state index in [4.69, 9.17) is 0 Å². The topological polar surface area (TPSA) is 33.5 Å². The molecule has 1 aromatic carbocycles. The van der Waals surface area contributed by atoms with Crippen molar-refractivity contribution in [3.05, 3.63) is 122 Å². The first-order chi connectivity index (χ1) is 14.9. The lowest BCUT2D eigenvalue weighted by molar-refractivity contribution is -0.599. The van der Waals surface area contributed by atoms with Crippen molar-refractivity contribution in [2.45, 2.75) is 0 Å². The highest BCUT2D eigenvalue weighted by Gasteiger charge is 2.11. The molecule has 4 heteroatoms. The van der Waals surface area contributed by atoms with Crippen molar-refractivity contribution in [1.82, 2.24) is 9.97 Å². The van der Waals surface area contributed by atoms with Gasteiger partial charge < -0.3 is 0 Å². The summed E-state index contributed by atoms with van der Waals surface area (Å²) in [6, 6.07) is 25.1. The Kier molecular flexibility index (Phi) is 4.80. The van der Waals surface area contributed by atoms with E-state index in [9.17, 15) is 0 Å². The molecule has 0 aliphatic heterocycles. The second kappa shape index (κ2) is 8.05. The first-order valence-electron chi connectivity index (χ1n) is 9.81. The molecular formula is C26H20N4+2. The maximum Gasteiger partial charge on any atom is 0.211 e. The van der Waals surface area contributed by atoms with Crippen molar-refractivity contribution >= 4 is 0 Å². The Hall–Kier alpha value is -4.18. The zero-order valence-corrected chi connectivity index (χ0v) is 16.3. The molecule has 30 heavy (non-hydrogen) atoms. The molecule has 0 bridgehead atoms. The monoisotopic (exact) mass is 388 g/mol. The fourth-order valence-corrected chi connectivity index (χ4v) is 3.47. The summed E-state index contributed by atoms with van der Waals surface area (Å²) in [5.74, 6) is 0. The summed E-state index contributed by atoms with van der Waals surface area (Å²) in [5.41, 5.74) is 6.92. The molecule has 0 spiro atoms. The summed E-state index contributed by atoms with van der Waals surface area (Å²) < 4.78 is 4.23. The summed E-state index contributed by atoms with van der Waals surface area (Å²) in [5, 5.41) is 0. The van der Waals surface area contributed by atoms with Crippen LogP contribution in [0.3, 0.4) is 0 Å². The van der Waals surface area contributed by atoms with E-state index in [2.05, 4.69) is 92.4 Å². The van der Waals surface area contributed by atoms with Gasteiger partial charge in [-0.1, -0.05) is 0 Å². The van der Waals surface area contributed by atoms with Crippen LogP contribution in [0.25, 0.3) is 33.6 Å². The van der Waals surface area contributed by atoms with Gasteiger partial charge in [0, 0.05) is 73.3 Å². The second-order valence-corrected chi connectivity index (χ2v) is 6.98. The first-order valence-corrected chi connectivity index (χ1v) is 9.81. The van der Waals surface area contributed by atoms with Gasteiger partial charge in [0.1, 0.15) is 0 Å². The standard InChI is InChI=1S/C26H20N4/c1-2-26(30-19-11-24(12-20-30)22-7-15-28-16-8-22)4-3-25(1)29-17-9-23(10-18-29)21-5-13-27-14-6-21/h1-20H/q+2. The lowest BCUT2D eigenvalue weighted by Crippen LogP contribution is -2.31. The van der Waals surface area contributed by atoms with Crippen LogP contribution >= 0.6 is 0 Å². The molecule has 0 radical (unpaired) electrons. The van der Waals surface area contributed by atoms with Crippen molar-refractivity contribution in [3.63, 3.8) is 0 Å². The quantitative estimate of drug-likeness (QED) is 0.429. The van der Waals surface area contributed by atoms with Crippen LogP contribution in [0.2, 0.25) is 0 Å². The molecule has 5 rings (SSSR count). The largest absolute Gasteiger partial charge is 0.265 e. The molecule has 0 amide bonds. The van der Waals surface area contributed by atoms with Crippen LogP contribution in [-0.2, 0) is 0 Å². The third-order valence-electron chi connectivity index (χ3n) is 5.13. The highest BCUT2D eigenvalue weighted by atomic mass is 15.0. The molecule has 142 valence electrons. The predicted molar refractivity (Wildman–Crippen MR) is 116 cm³/mol. The smallest absolute Gasteiger partial charge is 0.211 e. The molecule has 0 fully saturated rings. The van der Waals surface area contributed by atoms with Gasteiger partial charge in [-0.05, 0) is 46.5 Å². The van der Waals surface area contributed by atoms with Gasteiger partial charge in [-0.25, -0.2) is 0 Å². The minimum absolute atomic E-state index is 1.12. The molecule has 0 unspecified atom stereocenters. The normalized spacial score (nSPS) is 10.7. The molecular weight excluding hydrogens is 368 g/mol. The third kappa shape index (κ3) is 3.71. The zero-order chi connectivity index (χ0) is 20.2. The van der Waals surface area contributed by atoms with E-state index in [-0.39, 0.29) is 0 Å². The van der Waals surface area contributed by atoms with E-state index in [0.717, 1.165) is 11.4 Å². The molecule has 4 nitrogen and oxygen atoms in total. The molecule has 0 aliphatic rings. The Bertz CT molecular complexity index is 1130. The van der Waals surface area contributed by atoms with Crippen LogP contribution in [0, 0.1) is 0 Å². The maximum atomic E-state index is 4.08. The van der Waals surface area contributed by atoms with E-state index in [1.807, 2.05) is 49.1 Å². The average molecular weight is 388 g/mol. The Morgan fingerprint density at radius 2 is 0.667 bits per heavy atom. The van der Waals surface area contributed by atoms with Crippen LogP contribution in [-0.4, -0.2) is 9.97 Å². The van der Waals surface area contributed by atoms with Crippen LogP contribution in [0.15, 0.2) is 122 Å². The van der Waals surface area contributed by atoms with Crippen molar-refractivity contribution in [3.8, 4) is 33.6 Å². The molecule has 0 N–H and O–H groups in total. The Balaban J connectivity index is 1.35. The lowest BCUT2D eigenvalue weighted by Gasteiger charge is -2.02. The fourth-order valence-electron chi connectivity index (χ4n) is 3.47. The molecule has 0 atom stereocenters. The number of hydrogen-bond donors (Lipinski definition) is 0. The van der Waals surface area contributed by atoms with E-state index in [0.29, 0.717) is 0 Å². The van der Waals surface area contributed by atoms with Crippen LogP contribution in [0.5, 0.6) is 0 Å². The molecule has 5 aromatic rings. The van der Waals surface area contributed by atoms with Crippen LogP contribution in [0.4, 0.5) is 0 Å².